The highest BCUT2D eigenvalue weighted by molar-refractivity contribution is 5.07. The number of aromatic nitrogens is 1. The number of pyridine rings is 1. The van der Waals surface area contributed by atoms with E-state index in [0.29, 0.717) is 6.54 Å². The van der Waals surface area contributed by atoms with Gasteiger partial charge in [0.05, 0.1) is 12.6 Å². The van der Waals surface area contributed by atoms with E-state index in [2.05, 4.69) is 0 Å². The number of nitrogens with zero attached hydrogens (tertiary/aromatic N) is 1. The van der Waals surface area contributed by atoms with E-state index in [1.807, 2.05) is 13.0 Å². The van der Waals surface area contributed by atoms with Crippen molar-refractivity contribution in [1.29, 1.82) is 0 Å². The Balaban J connectivity index is 2.94. The fraction of sp³-hybridized carbons (Fsp3) is 0.444. The maximum Gasteiger partial charge on any atom is 0.250 e. The van der Waals surface area contributed by atoms with Crippen LogP contribution in [0.5, 0.6) is 0 Å². The predicted octanol–water partition coefficient (Wildman–Crippen LogP) is 0.538. The highest BCUT2D eigenvalue weighted by atomic mass is 16.3. The van der Waals surface area contributed by atoms with Gasteiger partial charge in [0.25, 0.3) is 5.56 Å². The molecule has 66 valence electrons. The van der Waals surface area contributed by atoms with E-state index in [-0.39, 0.29) is 5.56 Å². The highest BCUT2D eigenvalue weighted by Gasteiger charge is 1.99. The van der Waals surface area contributed by atoms with Gasteiger partial charge < -0.3 is 9.67 Å². The Morgan fingerprint density at radius 2 is 2.33 bits per heavy atom. The van der Waals surface area contributed by atoms with Crippen LogP contribution in [0.2, 0.25) is 0 Å². The standard InChI is InChI=1S/C9H13NO2/c1-7-3-4-10(6-8(2)11)9(12)5-7/h3-5,8,11H,6H2,1-2H3/t8-/m0/s1. The zero-order valence-corrected chi connectivity index (χ0v) is 7.32. The van der Waals surface area contributed by atoms with E-state index in [9.17, 15) is 4.79 Å². The van der Waals surface area contributed by atoms with Crippen molar-refractivity contribution in [3.63, 3.8) is 0 Å². The van der Waals surface area contributed by atoms with Crippen molar-refractivity contribution in [1.82, 2.24) is 4.57 Å². The number of rotatable bonds is 2. The lowest BCUT2D eigenvalue weighted by Crippen LogP contribution is -2.24. The lowest BCUT2D eigenvalue weighted by Gasteiger charge is -2.07. The summed E-state index contributed by atoms with van der Waals surface area (Å²) in [6, 6.07) is 3.41. The molecule has 1 N–H and O–H groups in total. The molecule has 1 heterocycles. The lowest BCUT2D eigenvalue weighted by atomic mass is 10.3. The summed E-state index contributed by atoms with van der Waals surface area (Å²) >= 11 is 0. The molecule has 0 bridgehead atoms. The fourth-order valence-electron chi connectivity index (χ4n) is 1.04. The first-order chi connectivity index (χ1) is 5.59. The molecule has 0 fully saturated rings. The molecule has 0 unspecified atom stereocenters. The maximum atomic E-state index is 11.2. The van der Waals surface area contributed by atoms with Crippen molar-refractivity contribution < 1.29 is 5.11 Å². The number of aliphatic hydroxyl groups is 1. The zero-order valence-electron chi connectivity index (χ0n) is 7.32. The Bertz CT molecular complexity index is 315. The van der Waals surface area contributed by atoms with Crippen LogP contribution in [0.4, 0.5) is 0 Å². The first kappa shape index (κ1) is 9.00. The third kappa shape index (κ3) is 2.20. The van der Waals surface area contributed by atoms with Crippen LogP contribution >= 0.6 is 0 Å². The van der Waals surface area contributed by atoms with Crippen molar-refractivity contribution in [2.75, 3.05) is 0 Å². The van der Waals surface area contributed by atoms with E-state index in [4.69, 9.17) is 5.11 Å². The lowest BCUT2D eigenvalue weighted by molar-refractivity contribution is 0.172. The Labute approximate surface area is 71.3 Å². The Kier molecular flexibility index (Phi) is 2.65. The van der Waals surface area contributed by atoms with Crippen LogP contribution in [-0.2, 0) is 6.54 Å². The van der Waals surface area contributed by atoms with Gasteiger partial charge in [0.15, 0.2) is 0 Å². The minimum absolute atomic E-state index is 0.0594. The van der Waals surface area contributed by atoms with Gasteiger partial charge in [-0.2, -0.15) is 0 Å². The molecule has 0 aliphatic heterocycles. The van der Waals surface area contributed by atoms with E-state index in [1.54, 1.807) is 19.2 Å². The number of aliphatic hydroxyl groups excluding tert-OH is 1. The molecule has 1 rings (SSSR count). The fourth-order valence-corrected chi connectivity index (χ4v) is 1.04. The second kappa shape index (κ2) is 3.54. The van der Waals surface area contributed by atoms with E-state index < -0.39 is 6.10 Å². The van der Waals surface area contributed by atoms with Gasteiger partial charge in [-0.15, -0.1) is 0 Å². The van der Waals surface area contributed by atoms with Crippen molar-refractivity contribution in [3.05, 3.63) is 34.2 Å². The topological polar surface area (TPSA) is 42.2 Å². The largest absolute Gasteiger partial charge is 0.392 e. The normalized spacial score (nSPS) is 12.9. The van der Waals surface area contributed by atoms with Gasteiger partial charge in [-0.1, -0.05) is 0 Å². The molecule has 0 aliphatic carbocycles. The van der Waals surface area contributed by atoms with Crippen molar-refractivity contribution >= 4 is 0 Å². The Morgan fingerprint density at radius 1 is 1.67 bits per heavy atom. The molecule has 0 aromatic carbocycles. The molecule has 0 amide bonds. The van der Waals surface area contributed by atoms with Crippen LogP contribution in [0.3, 0.4) is 0 Å². The van der Waals surface area contributed by atoms with Crippen LogP contribution in [0.1, 0.15) is 12.5 Å². The average molecular weight is 167 g/mol. The van der Waals surface area contributed by atoms with Gasteiger partial charge >= 0.3 is 0 Å². The van der Waals surface area contributed by atoms with Gasteiger partial charge in [-0.3, -0.25) is 4.79 Å². The summed E-state index contributed by atoms with van der Waals surface area (Å²) < 4.78 is 1.50. The Morgan fingerprint density at radius 3 is 2.83 bits per heavy atom. The molecule has 0 radical (unpaired) electrons. The molecule has 3 heteroatoms. The molecule has 1 aromatic heterocycles. The van der Waals surface area contributed by atoms with Crippen LogP contribution in [-0.4, -0.2) is 15.8 Å². The third-order valence-electron chi connectivity index (χ3n) is 1.61. The SMILES string of the molecule is Cc1ccn(C[C@H](C)O)c(=O)c1. The van der Waals surface area contributed by atoms with Crippen molar-refractivity contribution in [2.24, 2.45) is 0 Å². The molecule has 3 nitrogen and oxygen atoms in total. The minimum Gasteiger partial charge on any atom is -0.392 e. The van der Waals surface area contributed by atoms with Crippen LogP contribution in [0.25, 0.3) is 0 Å². The summed E-state index contributed by atoms with van der Waals surface area (Å²) in [5.74, 6) is 0. The zero-order chi connectivity index (χ0) is 9.14. The summed E-state index contributed by atoms with van der Waals surface area (Å²) in [6.45, 7) is 3.89. The smallest absolute Gasteiger partial charge is 0.250 e. The summed E-state index contributed by atoms with van der Waals surface area (Å²) in [6.07, 6.45) is 1.22. The molecular formula is C9H13NO2. The molecule has 1 aromatic rings. The van der Waals surface area contributed by atoms with E-state index >= 15 is 0 Å². The average Bonchev–Trinajstić information content (AvgIpc) is 1.94. The van der Waals surface area contributed by atoms with Gasteiger partial charge in [-0.25, -0.2) is 0 Å². The number of hydrogen-bond acceptors (Lipinski definition) is 2. The van der Waals surface area contributed by atoms with Gasteiger partial charge in [0.2, 0.25) is 0 Å². The monoisotopic (exact) mass is 167 g/mol. The summed E-state index contributed by atoms with van der Waals surface area (Å²) in [7, 11) is 0. The van der Waals surface area contributed by atoms with Gasteiger partial charge in [-0.05, 0) is 25.5 Å². The maximum absolute atomic E-state index is 11.2. The molecule has 12 heavy (non-hydrogen) atoms. The number of aryl methyl sites for hydroxylation is 1. The number of hydrogen-bond donors (Lipinski definition) is 1. The van der Waals surface area contributed by atoms with Crippen LogP contribution in [0.15, 0.2) is 23.1 Å². The molecule has 0 spiro atoms. The quantitative estimate of drug-likeness (QED) is 0.698. The second-order valence-corrected chi connectivity index (χ2v) is 3.04. The van der Waals surface area contributed by atoms with Gasteiger partial charge in [0.1, 0.15) is 0 Å². The molecule has 1 atom stereocenters. The molecule has 0 saturated carbocycles. The van der Waals surface area contributed by atoms with Gasteiger partial charge in [0, 0.05) is 12.3 Å². The third-order valence-corrected chi connectivity index (χ3v) is 1.61. The highest BCUT2D eigenvalue weighted by Crippen LogP contribution is 1.92. The second-order valence-electron chi connectivity index (χ2n) is 3.04. The first-order valence-electron chi connectivity index (χ1n) is 3.95. The summed E-state index contributed by atoms with van der Waals surface area (Å²) in [5.41, 5.74) is 0.887. The summed E-state index contributed by atoms with van der Waals surface area (Å²) in [4.78, 5) is 11.2. The van der Waals surface area contributed by atoms with Crippen LogP contribution < -0.4 is 5.56 Å². The molecule has 0 saturated heterocycles. The molecular weight excluding hydrogens is 154 g/mol. The first-order valence-corrected chi connectivity index (χ1v) is 3.95. The van der Waals surface area contributed by atoms with E-state index in [1.165, 1.54) is 4.57 Å². The van der Waals surface area contributed by atoms with Crippen molar-refractivity contribution in [2.45, 2.75) is 26.5 Å². The predicted molar refractivity (Wildman–Crippen MR) is 47.1 cm³/mol. The Hall–Kier alpha value is -1.09. The minimum atomic E-state index is -0.481. The summed E-state index contributed by atoms with van der Waals surface area (Å²) in [5, 5.41) is 9.04. The molecule has 0 aliphatic rings. The van der Waals surface area contributed by atoms with Crippen molar-refractivity contribution in [3.8, 4) is 0 Å². The van der Waals surface area contributed by atoms with Crippen LogP contribution in [0, 0.1) is 6.92 Å². The van der Waals surface area contributed by atoms with E-state index in [0.717, 1.165) is 5.56 Å².